The van der Waals surface area contributed by atoms with Gasteiger partial charge in [-0.15, -0.1) is 0 Å². The number of ether oxygens (including phenoxy) is 1. The van der Waals surface area contributed by atoms with Crippen LogP contribution in [0.2, 0.25) is 0 Å². The molecule has 2 heterocycles. The topological polar surface area (TPSA) is 21.3 Å². The van der Waals surface area contributed by atoms with Crippen LogP contribution in [0, 0.1) is 5.92 Å². The summed E-state index contributed by atoms with van der Waals surface area (Å²) in [4.78, 5) is 0. The molecule has 0 spiro atoms. The molecule has 2 aliphatic rings. The zero-order valence-corrected chi connectivity index (χ0v) is 8.20. The lowest BCUT2D eigenvalue weighted by Crippen LogP contribution is -2.35. The molecular formula is C12H15NO. The molecule has 2 nitrogen and oxygen atoms in total. The first-order valence-corrected chi connectivity index (χ1v) is 5.36. The van der Waals surface area contributed by atoms with Gasteiger partial charge in [0.25, 0.3) is 0 Å². The van der Waals surface area contributed by atoms with Crippen LogP contribution in [0.5, 0.6) is 0 Å². The number of benzene rings is 1. The van der Waals surface area contributed by atoms with Crippen molar-refractivity contribution in [2.45, 2.75) is 12.3 Å². The van der Waals surface area contributed by atoms with Crippen molar-refractivity contribution in [3.63, 3.8) is 0 Å². The maximum Gasteiger partial charge on any atom is 0.0522 e. The van der Waals surface area contributed by atoms with Gasteiger partial charge < -0.3 is 10.1 Å². The predicted molar refractivity (Wildman–Crippen MR) is 56.6 cm³/mol. The molecule has 1 N–H and O–H groups in total. The molecular weight excluding hydrogens is 174 g/mol. The van der Waals surface area contributed by atoms with Crippen LogP contribution in [0.4, 0.5) is 5.69 Å². The number of anilines is 1. The van der Waals surface area contributed by atoms with Crippen LogP contribution in [0.3, 0.4) is 0 Å². The summed E-state index contributed by atoms with van der Waals surface area (Å²) in [5.41, 5.74) is 2.82. The summed E-state index contributed by atoms with van der Waals surface area (Å²) in [5.74, 6) is 1.49. The van der Waals surface area contributed by atoms with E-state index in [1.54, 1.807) is 0 Å². The highest BCUT2D eigenvalue weighted by atomic mass is 16.5. The first kappa shape index (κ1) is 8.30. The lowest BCUT2D eigenvalue weighted by Gasteiger charge is -2.37. The molecule has 0 saturated carbocycles. The molecule has 2 aliphatic heterocycles. The Hall–Kier alpha value is -1.02. The first-order valence-electron chi connectivity index (χ1n) is 5.36. The van der Waals surface area contributed by atoms with E-state index in [1.807, 2.05) is 0 Å². The largest absolute Gasteiger partial charge is 0.385 e. The smallest absolute Gasteiger partial charge is 0.0522 e. The van der Waals surface area contributed by atoms with Crippen molar-refractivity contribution in [3.05, 3.63) is 29.8 Å². The lowest BCUT2D eigenvalue weighted by molar-refractivity contribution is -0.0461. The average molecular weight is 189 g/mol. The Morgan fingerprint density at radius 3 is 2.86 bits per heavy atom. The molecule has 0 radical (unpaired) electrons. The zero-order chi connectivity index (χ0) is 9.38. The molecule has 1 atom stereocenters. The second kappa shape index (κ2) is 3.28. The molecule has 14 heavy (non-hydrogen) atoms. The summed E-state index contributed by atoms with van der Waals surface area (Å²) in [5, 5.41) is 3.45. The predicted octanol–water partition coefficient (Wildman–Crippen LogP) is 2.23. The number of hydrogen-bond donors (Lipinski definition) is 1. The molecule has 0 aromatic heterocycles. The Balaban J connectivity index is 1.93. The summed E-state index contributed by atoms with van der Waals surface area (Å²) >= 11 is 0. The van der Waals surface area contributed by atoms with Gasteiger partial charge in [0, 0.05) is 18.2 Å². The molecule has 1 aromatic rings. The van der Waals surface area contributed by atoms with Gasteiger partial charge in [-0.3, -0.25) is 0 Å². The normalized spacial score (nSPS) is 26.1. The third-order valence-corrected chi connectivity index (χ3v) is 3.36. The van der Waals surface area contributed by atoms with E-state index < -0.39 is 0 Å². The van der Waals surface area contributed by atoms with Crippen molar-refractivity contribution < 1.29 is 4.74 Å². The van der Waals surface area contributed by atoms with Gasteiger partial charge in [-0.2, -0.15) is 0 Å². The molecule has 74 valence electrons. The van der Waals surface area contributed by atoms with Gasteiger partial charge in [-0.1, -0.05) is 18.2 Å². The highest BCUT2D eigenvalue weighted by Crippen LogP contribution is 2.39. The van der Waals surface area contributed by atoms with Crippen molar-refractivity contribution in [1.29, 1.82) is 0 Å². The van der Waals surface area contributed by atoms with Gasteiger partial charge in [0.2, 0.25) is 0 Å². The Bertz CT molecular complexity index is 333. The Morgan fingerprint density at radius 2 is 2.07 bits per heavy atom. The third-order valence-electron chi connectivity index (χ3n) is 3.36. The number of hydrogen-bond acceptors (Lipinski definition) is 2. The van der Waals surface area contributed by atoms with Gasteiger partial charge in [0.15, 0.2) is 0 Å². The summed E-state index contributed by atoms with van der Waals surface area (Å²) in [6.45, 7) is 3.02. The highest BCUT2D eigenvalue weighted by Gasteiger charge is 2.32. The molecule has 0 amide bonds. The van der Waals surface area contributed by atoms with Crippen LogP contribution in [0.25, 0.3) is 0 Å². The van der Waals surface area contributed by atoms with Gasteiger partial charge in [0.1, 0.15) is 0 Å². The van der Waals surface area contributed by atoms with Gasteiger partial charge in [0.05, 0.1) is 13.2 Å². The summed E-state index contributed by atoms with van der Waals surface area (Å²) < 4.78 is 5.28. The second-order valence-electron chi connectivity index (χ2n) is 4.21. The van der Waals surface area contributed by atoms with E-state index in [1.165, 1.54) is 17.7 Å². The van der Waals surface area contributed by atoms with Crippen molar-refractivity contribution in [2.24, 2.45) is 5.92 Å². The van der Waals surface area contributed by atoms with E-state index in [9.17, 15) is 0 Å². The average Bonchev–Trinajstić information content (AvgIpc) is 2.16. The third kappa shape index (κ3) is 1.22. The molecule has 0 aliphatic carbocycles. The maximum absolute atomic E-state index is 5.28. The van der Waals surface area contributed by atoms with Gasteiger partial charge in [-0.05, 0) is 24.0 Å². The Labute approximate surface area is 84.3 Å². The summed E-state index contributed by atoms with van der Waals surface area (Å²) in [7, 11) is 0. The minimum Gasteiger partial charge on any atom is -0.385 e. The van der Waals surface area contributed by atoms with Crippen LogP contribution in [-0.4, -0.2) is 19.8 Å². The summed E-state index contributed by atoms with van der Waals surface area (Å²) in [6, 6.07) is 8.68. The second-order valence-corrected chi connectivity index (χ2v) is 4.21. The van der Waals surface area contributed by atoms with E-state index in [2.05, 4.69) is 29.6 Å². The Kier molecular flexibility index (Phi) is 1.95. The van der Waals surface area contributed by atoms with Gasteiger partial charge in [-0.25, -0.2) is 0 Å². The Morgan fingerprint density at radius 1 is 1.21 bits per heavy atom. The first-order chi connectivity index (χ1) is 6.95. The van der Waals surface area contributed by atoms with Gasteiger partial charge >= 0.3 is 0 Å². The molecule has 0 bridgehead atoms. The van der Waals surface area contributed by atoms with Crippen molar-refractivity contribution in [1.82, 2.24) is 0 Å². The van der Waals surface area contributed by atoms with Crippen LogP contribution in [-0.2, 0) is 4.74 Å². The van der Waals surface area contributed by atoms with Crippen molar-refractivity contribution in [2.75, 3.05) is 25.1 Å². The molecule has 3 rings (SSSR count). The van der Waals surface area contributed by atoms with E-state index in [-0.39, 0.29) is 0 Å². The van der Waals surface area contributed by atoms with E-state index in [0.29, 0.717) is 0 Å². The van der Waals surface area contributed by atoms with Crippen LogP contribution < -0.4 is 5.32 Å². The maximum atomic E-state index is 5.28. The summed E-state index contributed by atoms with van der Waals surface area (Å²) in [6.07, 6.45) is 1.25. The fraction of sp³-hybridized carbons (Fsp3) is 0.500. The number of para-hydroxylation sites is 1. The van der Waals surface area contributed by atoms with Crippen LogP contribution >= 0.6 is 0 Å². The monoisotopic (exact) mass is 189 g/mol. The number of nitrogens with one attached hydrogen (secondary N) is 1. The molecule has 2 heteroatoms. The number of fused-ring (bicyclic) bond motifs is 1. The quantitative estimate of drug-likeness (QED) is 0.731. The van der Waals surface area contributed by atoms with Crippen molar-refractivity contribution >= 4 is 5.69 Å². The molecule has 1 aromatic carbocycles. The van der Waals surface area contributed by atoms with E-state index >= 15 is 0 Å². The van der Waals surface area contributed by atoms with Crippen LogP contribution in [0.15, 0.2) is 24.3 Å². The standard InChI is InChI=1S/C12H15NO/c1-2-4-12-11(3-1)10(5-6-13-12)9-7-14-8-9/h1-4,9-10,13H,5-8H2/t10-/m1/s1. The highest BCUT2D eigenvalue weighted by molar-refractivity contribution is 5.54. The van der Waals surface area contributed by atoms with E-state index in [0.717, 1.165) is 31.6 Å². The zero-order valence-electron chi connectivity index (χ0n) is 8.20. The fourth-order valence-corrected chi connectivity index (χ4v) is 2.48. The van der Waals surface area contributed by atoms with Crippen molar-refractivity contribution in [3.8, 4) is 0 Å². The van der Waals surface area contributed by atoms with Crippen LogP contribution in [0.1, 0.15) is 17.9 Å². The molecule has 1 saturated heterocycles. The molecule has 0 unspecified atom stereocenters. The SMILES string of the molecule is c1ccc2c(c1)NCC[C@@H]2C1COC1. The number of rotatable bonds is 1. The fourth-order valence-electron chi connectivity index (χ4n) is 2.48. The van der Waals surface area contributed by atoms with E-state index in [4.69, 9.17) is 4.74 Å². The minimum absolute atomic E-state index is 0.723. The minimum atomic E-state index is 0.723. The molecule has 1 fully saturated rings. The lowest BCUT2D eigenvalue weighted by atomic mass is 9.80.